The number of amides is 4. The second kappa shape index (κ2) is 38.2. The minimum Gasteiger partial charge on any atom is -0.322 e. The summed E-state index contributed by atoms with van der Waals surface area (Å²) in [5, 5.41) is 34.5. The normalized spacial score (nSPS) is 10.6. The fourth-order valence-electron chi connectivity index (χ4n) is 11.7. The molecule has 114 heavy (non-hydrogen) atoms. The standard InChI is InChI=1S/C24H21ClN4O.C22H17ClN4O.2C21H16ClN5O/c1-16-13-17(2)29(28-16)15-18-6-8-19(9-7-18)24(30)27-20-10-11-22(25)21(14-20)23-5-3-4-12-26-23;23-20-10-9-18(14-19(20)21-4-1-2-11-24-21)26-22(28)17-7-5-16(6-8-17)15-27-13-3-12-25-27;22-19-9-8-17(11-18(19)20-3-1-2-10-24-20)26-21(28)16-6-4-15(5-7-16)12-27-14-23-13-25-27;22-19-9-8-17(13-18(19)20-3-1-2-10-23-20)25-21(28)16-6-4-15(5-7-16)14-27-12-11-24-26-27/h3-14H,15H2,1-2H3,(H,27,30);1-14H,15H2,(H,26,28);1-11,13-14H,12H2,(H,26,28);1-13H,14H2,(H,25,28). The highest BCUT2D eigenvalue weighted by Crippen LogP contribution is 2.34. The summed E-state index contributed by atoms with van der Waals surface area (Å²) in [5.41, 5.74) is 17.4. The average molecular weight is 1590 g/mol. The van der Waals surface area contributed by atoms with Gasteiger partial charge in [-0.1, -0.05) is 124 Å². The van der Waals surface area contributed by atoms with Gasteiger partial charge in [-0.3, -0.25) is 48.5 Å². The first-order valence-corrected chi connectivity index (χ1v) is 37.2. The Morgan fingerprint density at radius 2 is 0.693 bits per heavy atom. The smallest absolute Gasteiger partial charge is 0.255 e. The van der Waals surface area contributed by atoms with Crippen LogP contribution in [0.2, 0.25) is 20.1 Å². The lowest BCUT2D eigenvalue weighted by Gasteiger charge is -2.10. The molecule has 0 saturated heterocycles. The molecule has 0 saturated carbocycles. The van der Waals surface area contributed by atoms with Crippen LogP contribution in [0.15, 0.2) is 317 Å². The van der Waals surface area contributed by atoms with Crippen molar-refractivity contribution in [2.24, 2.45) is 0 Å². The van der Waals surface area contributed by atoms with Crippen LogP contribution in [0.3, 0.4) is 0 Å². The summed E-state index contributed by atoms with van der Waals surface area (Å²) in [4.78, 5) is 71.7. The van der Waals surface area contributed by atoms with Crippen molar-refractivity contribution in [2.75, 3.05) is 21.3 Å². The van der Waals surface area contributed by atoms with E-state index >= 15 is 0 Å². The number of pyridine rings is 4. The van der Waals surface area contributed by atoms with Crippen LogP contribution in [-0.2, 0) is 26.2 Å². The molecule has 4 amide bonds. The van der Waals surface area contributed by atoms with Crippen molar-refractivity contribution in [3.05, 3.63) is 393 Å². The van der Waals surface area contributed by atoms with E-state index in [1.165, 1.54) is 6.33 Å². The predicted molar refractivity (Wildman–Crippen MR) is 447 cm³/mol. The molecular formula is C88H70Cl4N18O4. The molecule has 0 aliphatic rings. The van der Waals surface area contributed by atoms with Crippen LogP contribution < -0.4 is 21.3 Å². The van der Waals surface area contributed by atoms with Gasteiger partial charge in [-0.15, -0.1) is 5.10 Å². The summed E-state index contributed by atoms with van der Waals surface area (Å²) < 4.78 is 7.24. The van der Waals surface area contributed by atoms with Gasteiger partial charge in [0.1, 0.15) is 12.7 Å². The molecule has 0 fully saturated rings. The van der Waals surface area contributed by atoms with Gasteiger partial charge in [0.05, 0.1) is 80.9 Å². The Balaban J connectivity index is 0.000000133. The second-order valence-electron chi connectivity index (χ2n) is 25.7. The molecule has 0 radical (unpaired) electrons. The number of carbonyl (C=O) groups excluding carboxylic acids is 4. The Morgan fingerprint density at radius 3 is 0.982 bits per heavy atom. The van der Waals surface area contributed by atoms with E-state index in [0.717, 1.165) is 78.7 Å². The number of aryl methyl sites for hydroxylation is 2. The topological polar surface area (TPSA) is 265 Å². The zero-order valence-electron chi connectivity index (χ0n) is 61.3. The number of hydrogen-bond acceptors (Lipinski definition) is 14. The first-order chi connectivity index (χ1) is 55.6. The number of halogens is 4. The average Bonchev–Trinajstić information content (AvgIpc) is 1.26. The van der Waals surface area contributed by atoms with Crippen molar-refractivity contribution in [2.45, 2.75) is 40.0 Å². The number of anilines is 4. The van der Waals surface area contributed by atoms with Crippen LogP contribution in [0.5, 0.6) is 0 Å². The van der Waals surface area contributed by atoms with Gasteiger partial charge in [0.25, 0.3) is 23.6 Å². The highest BCUT2D eigenvalue weighted by atomic mass is 35.5. The van der Waals surface area contributed by atoms with Crippen molar-refractivity contribution < 1.29 is 19.2 Å². The molecule has 0 bridgehead atoms. The molecule has 8 aromatic carbocycles. The zero-order chi connectivity index (χ0) is 79.1. The van der Waals surface area contributed by atoms with Crippen LogP contribution in [0.25, 0.3) is 45.0 Å². The maximum atomic E-state index is 12.7. The van der Waals surface area contributed by atoms with Crippen molar-refractivity contribution in [1.29, 1.82) is 0 Å². The minimum atomic E-state index is -0.193. The molecule has 26 heteroatoms. The number of benzene rings is 8. The first kappa shape index (κ1) is 78.2. The fourth-order valence-corrected chi connectivity index (χ4v) is 12.6. The van der Waals surface area contributed by atoms with Gasteiger partial charge in [0, 0.05) is 116 Å². The van der Waals surface area contributed by atoms with E-state index in [4.69, 9.17) is 46.4 Å². The Hall–Kier alpha value is -13.9. The monoisotopic (exact) mass is 1580 g/mol. The summed E-state index contributed by atoms with van der Waals surface area (Å²) in [5.74, 6) is -0.745. The first-order valence-electron chi connectivity index (χ1n) is 35.7. The van der Waals surface area contributed by atoms with E-state index in [1.807, 2.05) is 211 Å². The highest BCUT2D eigenvalue weighted by Gasteiger charge is 2.17. The number of aromatic nitrogens is 14. The van der Waals surface area contributed by atoms with Crippen LogP contribution in [0, 0.1) is 13.8 Å². The fraction of sp³-hybridized carbons (Fsp3) is 0.0682. The molecule has 0 unspecified atom stereocenters. The number of rotatable bonds is 20. The maximum absolute atomic E-state index is 12.7. The van der Waals surface area contributed by atoms with E-state index in [0.29, 0.717) is 91.3 Å². The Morgan fingerprint density at radius 1 is 0.342 bits per heavy atom. The Labute approximate surface area is 676 Å². The third kappa shape index (κ3) is 21.6. The molecule has 0 atom stereocenters. The van der Waals surface area contributed by atoms with Crippen LogP contribution in [0.4, 0.5) is 22.7 Å². The van der Waals surface area contributed by atoms with E-state index in [1.54, 1.807) is 132 Å². The molecule has 8 aromatic heterocycles. The molecule has 0 aliphatic heterocycles. The van der Waals surface area contributed by atoms with Crippen LogP contribution in [0.1, 0.15) is 75.1 Å². The summed E-state index contributed by atoms with van der Waals surface area (Å²) in [6.45, 7) is 6.56. The maximum Gasteiger partial charge on any atom is 0.255 e. The van der Waals surface area contributed by atoms with Gasteiger partial charge in [0.2, 0.25) is 0 Å². The lowest BCUT2D eigenvalue weighted by Crippen LogP contribution is -2.12. The van der Waals surface area contributed by atoms with Gasteiger partial charge < -0.3 is 21.3 Å². The van der Waals surface area contributed by atoms with Crippen LogP contribution >= 0.6 is 46.4 Å². The van der Waals surface area contributed by atoms with Gasteiger partial charge in [-0.2, -0.15) is 15.3 Å². The molecule has 0 spiro atoms. The second-order valence-corrected chi connectivity index (χ2v) is 27.4. The number of nitrogens with zero attached hydrogens (tertiary/aromatic N) is 14. The lowest BCUT2D eigenvalue weighted by molar-refractivity contribution is 0.101. The van der Waals surface area contributed by atoms with Crippen LogP contribution in [-0.4, -0.2) is 92.9 Å². The number of hydrogen-bond donors (Lipinski definition) is 4. The van der Waals surface area contributed by atoms with E-state index in [-0.39, 0.29) is 23.6 Å². The summed E-state index contributed by atoms with van der Waals surface area (Å²) >= 11 is 25.2. The van der Waals surface area contributed by atoms with Crippen molar-refractivity contribution in [3.8, 4) is 45.0 Å². The van der Waals surface area contributed by atoms with E-state index < -0.39 is 0 Å². The summed E-state index contributed by atoms with van der Waals surface area (Å²) in [6, 6.07) is 77.6. The minimum absolute atomic E-state index is 0.179. The van der Waals surface area contributed by atoms with Crippen molar-refractivity contribution in [3.63, 3.8) is 0 Å². The number of carbonyl (C=O) groups is 4. The molecule has 0 aliphatic carbocycles. The molecule has 22 nitrogen and oxygen atoms in total. The molecule has 16 rings (SSSR count). The Bertz CT molecular complexity index is 5450. The lowest BCUT2D eigenvalue weighted by atomic mass is 10.1. The SMILES string of the molecule is Cc1cc(C)n(Cc2ccc(C(=O)Nc3ccc(Cl)c(-c4ccccn4)c3)cc2)n1.O=C(Nc1ccc(Cl)c(-c2ccccn2)c1)c1ccc(Cn2cccn2)cc1.O=C(Nc1ccc(Cl)c(-c2ccccn2)c1)c1ccc(Cn2ccnn2)cc1.O=C(Nc1ccc(Cl)c(-c2ccccn2)c1)c1ccc(Cn2cncn2)cc1. The van der Waals surface area contributed by atoms with Crippen molar-refractivity contribution in [1.82, 2.24) is 69.3 Å². The molecule has 4 N–H and O–H groups in total. The van der Waals surface area contributed by atoms with Gasteiger partial charge in [-0.05, 0) is 218 Å². The predicted octanol–water partition coefficient (Wildman–Crippen LogP) is 19.0. The third-order valence-corrected chi connectivity index (χ3v) is 18.8. The molecule has 16 aromatic rings. The van der Waals surface area contributed by atoms with Crippen molar-refractivity contribution >= 4 is 92.8 Å². The molecule has 8 heterocycles. The Kier molecular flexibility index (Phi) is 26.2. The zero-order valence-corrected chi connectivity index (χ0v) is 64.3. The summed E-state index contributed by atoms with van der Waals surface area (Å²) in [6.07, 6.45) is 17.1. The third-order valence-electron chi connectivity index (χ3n) is 17.5. The largest absolute Gasteiger partial charge is 0.322 e. The van der Waals surface area contributed by atoms with E-state index in [9.17, 15) is 19.2 Å². The highest BCUT2D eigenvalue weighted by molar-refractivity contribution is 6.34. The van der Waals surface area contributed by atoms with Gasteiger partial charge in [-0.25, -0.2) is 14.3 Å². The summed E-state index contributed by atoms with van der Waals surface area (Å²) in [7, 11) is 0. The molecular weight excluding hydrogens is 1510 g/mol. The molecule has 564 valence electrons. The van der Waals surface area contributed by atoms with E-state index in [2.05, 4.69) is 71.8 Å². The van der Waals surface area contributed by atoms with Gasteiger partial charge >= 0.3 is 0 Å². The quantitative estimate of drug-likeness (QED) is 0.0553. The number of nitrogens with one attached hydrogen (secondary N) is 4. The van der Waals surface area contributed by atoms with Gasteiger partial charge in [0.15, 0.2) is 0 Å².